The van der Waals surface area contributed by atoms with Crippen molar-refractivity contribution in [2.24, 2.45) is 0 Å². The van der Waals surface area contributed by atoms with Gasteiger partial charge in [-0.3, -0.25) is 18.8 Å². The van der Waals surface area contributed by atoms with Crippen LogP contribution in [0.1, 0.15) is 11.3 Å². The van der Waals surface area contributed by atoms with Crippen molar-refractivity contribution >= 4 is 17.5 Å². The molecule has 1 aromatic carbocycles. The SMILES string of the molecule is O=C1C(=O)N(Cc2cc(=O)n3ccccc3n2)CCN1Cc1ccc(F)cc1. The third-order valence-corrected chi connectivity index (χ3v) is 4.66. The number of pyridine rings is 1. The maximum Gasteiger partial charge on any atom is 0.312 e. The van der Waals surface area contributed by atoms with Crippen molar-refractivity contribution in [2.45, 2.75) is 13.1 Å². The number of nitrogens with zero attached hydrogens (tertiary/aromatic N) is 4. The minimum absolute atomic E-state index is 0.0929. The quantitative estimate of drug-likeness (QED) is 0.638. The molecule has 0 radical (unpaired) electrons. The lowest BCUT2D eigenvalue weighted by Crippen LogP contribution is -2.53. The van der Waals surface area contributed by atoms with E-state index in [0.717, 1.165) is 5.56 Å². The van der Waals surface area contributed by atoms with Crippen LogP contribution in [0.25, 0.3) is 5.65 Å². The van der Waals surface area contributed by atoms with Gasteiger partial charge in [-0.15, -0.1) is 0 Å². The van der Waals surface area contributed by atoms with E-state index < -0.39 is 11.8 Å². The predicted octanol–water partition coefficient (Wildman–Crippen LogP) is 1.20. The summed E-state index contributed by atoms with van der Waals surface area (Å²) in [5.74, 6) is -1.61. The molecule has 8 heteroatoms. The van der Waals surface area contributed by atoms with Crippen LogP contribution in [0.4, 0.5) is 4.39 Å². The van der Waals surface area contributed by atoms with Gasteiger partial charge in [0.25, 0.3) is 5.56 Å². The summed E-state index contributed by atoms with van der Waals surface area (Å²) in [4.78, 5) is 44.4. The summed E-state index contributed by atoms with van der Waals surface area (Å²) < 4.78 is 14.4. The summed E-state index contributed by atoms with van der Waals surface area (Å²) in [6, 6.07) is 12.4. The molecule has 142 valence electrons. The lowest BCUT2D eigenvalue weighted by atomic mass is 10.2. The van der Waals surface area contributed by atoms with Crippen molar-refractivity contribution < 1.29 is 14.0 Å². The predicted molar refractivity (Wildman–Crippen MR) is 98.7 cm³/mol. The molecule has 1 fully saturated rings. The molecule has 0 unspecified atom stereocenters. The van der Waals surface area contributed by atoms with Crippen LogP contribution < -0.4 is 5.56 Å². The maximum atomic E-state index is 13.0. The number of carbonyl (C=O) groups is 2. The van der Waals surface area contributed by atoms with Crippen LogP contribution in [-0.4, -0.2) is 44.1 Å². The molecular weight excluding hydrogens is 363 g/mol. The molecule has 3 aromatic rings. The van der Waals surface area contributed by atoms with Gasteiger partial charge in [0, 0.05) is 31.9 Å². The second kappa shape index (κ2) is 7.22. The van der Waals surface area contributed by atoms with Crippen LogP contribution in [0.15, 0.2) is 59.5 Å². The summed E-state index contributed by atoms with van der Waals surface area (Å²) in [7, 11) is 0. The summed E-state index contributed by atoms with van der Waals surface area (Å²) in [6.07, 6.45) is 1.62. The Morgan fingerprint density at radius 1 is 0.893 bits per heavy atom. The number of amides is 2. The fourth-order valence-electron chi connectivity index (χ4n) is 3.21. The van der Waals surface area contributed by atoms with Crippen LogP contribution in [-0.2, 0) is 22.7 Å². The number of rotatable bonds is 4. The molecule has 0 N–H and O–H groups in total. The second-order valence-corrected chi connectivity index (χ2v) is 6.59. The Bertz CT molecular complexity index is 1110. The van der Waals surface area contributed by atoms with Gasteiger partial charge >= 0.3 is 11.8 Å². The maximum absolute atomic E-state index is 13.0. The number of benzene rings is 1. The first-order valence-corrected chi connectivity index (χ1v) is 8.81. The Morgan fingerprint density at radius 3 is 2.29 bits per heavy atom. The van der Waals surface area contributed by atoms with Gasteiger partial charge in [0.05, 0.1) is 12.2 Å². The van der Waals surface area contributed by atoms with E-state index in [0.29, 0.717) is 24.4 Å². The molecule has 4 rings (SSSR count). The molecule has 1 aliphatic heterocycles. The number of hydrogen-bond acceptors (Lipinski definition) is 4. The van der Waals surface area contributed by atoms with Crippen molar-refractivity contribution in [3.8, 4) is 0 Å². The average Bonchev–Trinajstić information content (AvgIpc) is 2.69. The van der Waals surface area contributed by atoms with E-state index in [9.17, 15) is 18.8 Å². The highest BCUT2D eigenvalue weighted by Crippen LogP contribution is 2.13. The first-order chi connectivity index (χ1) is 13.5. The molecule has 7 nitrogen and oxygen atoms in total. The number of halogens is 1. The molecule has 2 amide bonds. The smallest absolute Gasteiger partial charge is 0.312 e. The van der Waals surface area contributed by atoms with Crippen LogP contribution in [0.5, 0.6) is 0 Å². The molecule has 1 aliphatic rings. The van der Waals surface area contributed by atoms with Crippen LogP contribution >= 0.6 is 0 Å². The van der Waals surface area contributed by atoms with E-state index >= 15 is 0 Å². The lowest BCUT2D eigenvalue weighted by Gasteiger charge is -2.33. The van der Waals surface area contributed by atoms with Gasteiger partial charge in [-0.2, -0.15) is 0 Å². The van der Waals surface area contributed by atoms with Crippen molar-refractivity contribution in [2.75, 3.05) is 13.1 Å². The van der Waals surface area contributed by atoms with Gasteiger partial charge in [-0.05, 0) is 29.8 Å². The Hall–Kier alpha value is -3.55. The number of hydrogen-bond donors (Lipinski definition) is 0. The second-order valence-electron chi connectivity index (χ2n) is 6.59. The monoisotopic (exact) mass is 380 g/mol. The third kappa shape index (κ3) is 3.48. The van der Waals surface area contributed by atoms with Crippen molar-refractivity contribution in [1.82, 2.24) is 19.2 Å². The number of carbonyl (C=O) groups excluding carboxylic acids is 2. The molecular formula is C20H17FN4O3. The normalized spacial score (nSPS) is 14.8. The van der Waals surface area contributed by atoms with Gasteiger partial charge in [0.1, 0.15) is 11.5 Å². The molecule has 0 bridgehead atoms. The fraction of sp³-hybridized carbons (Fsp3) is 0.200. The highest BCUT2D eigenvalue weighted by Gasteiger charge is 2.32. The Kier molecular flexibility index (Phi) is 4.60. The first-order valence-electron chi connectivity index (χ1n) is 8.81. The number of fused-ring (bicyclic) bond motifs is 1. The molecule has 0 saturated carbocycles. The molecule has 1 saturated heterocycles. The third-order valence-electron chi connectivity index (χ3n) is 4.66. The first kappa shape index (κ1) is 17.8. The van der Waals surface area contributed by atoms with Gasteiger partial charge in [0.2, 0.25) is 0 Å². The van der Waals surface area contributed by atoms with Gasteiger partial charge < -0.3 is 9.80 Å². The van der Waals surface area contributed by atoms with E-state index in [2.05, 4.69) is 4.98 Å². The van der Waals surface area contributed by atoms with E-state index in [1.54, 1.807) is 36.5 Å². The van der Waals surface area contributed by atoms with E-state index in [1.165, 1.54) is 32.4 Å². The largest absolute Gasteiger partial charge is 0.328 e. The molecule has 3 heterocycles. The zero-order chi connectivity index (χ0) is 19.7. The average molecular weight is 380 g/mol. The van der Waals surface area contributed by atoms with Crippen LogP contribution in [0.2, 0.25) is 0 Å². The fourth-order valence-corrected chi connectivity index (χ4v) is 3.21. The molecule has 2 aromatic heterocycles. The zero-order valence-electron chi connectivity index (χ0n) is 14.9. The van der Waals surface area contributed by atoms with Gasteiger partial charge in [0.15, 0.2) is 0 Å². The summed E-state index contributed by atoms with van der Waals surface area (Å²) in [5.41, 5.74) is 1.43. The molecule has 28 heavy (non-hydrogen) atoms. The van der Waals surface area contributed by atoms with Crippen LogP contribution in [0, 0.1) is 5.82 Å². The van der Waals surface area contributed by atoms with Crippen molar-refractivity contribution in [3.05, 3.63) is 82.2 Å². The zero-order valence-corrected chi connectivity index (χ0v) is 14.9. The van der Waals surface area contributed by atoms with Crippen molar-refractivity contribution in [1.29, 1.82) is 0 Å². The molecule has 0 atom stereocenters. The minimum atomic E-state index is -0.636. The lowest BCUT2D eigenvalue weighted by molar-refractivity contribution is -0.156. The summed E-state index contributed by atoms with van der Waals surface area (Å²) in [6.45, 7) is 1.03. The summed E-state index contributed by atoms with van der Waals surface area (Å²) in [5, 5.41) is 0. The highest BCUT2D eigenvalue weighted by atomic mass is 19.1. The Morgan fingerprint density at radius 2 is 1.57 bits per heavy atom. The van der Waals surface area contributed by atoms with E-state index in [1.807, 2.05) is 0 Å². The van der Waals surface area contributed by atoms with Gasteiger partial charge in [-0.25, -0.2) is 9.37 Å². The Balaban J connectivity index is 1.48. The van der Waals surface area contributed by atoms with Gasteiger partial charge in [-0.1, -0.05) is 18.2 Å². The summed E-state index contributed by atoms with van der Waals surface area (Å²) >= 11 is 0. The molecule has 0 spiro atoms. The van der Waals surface area contributed by atoms with E-state index in [-0.39, 0.29) is 24.5 Å². The number of aromatic nitrogens is 2. The minimum Gasteiger partial charge on any atom is -0.328 e. The van der Waals surface area contributed by atoms with Crippen LogP contribution in [0.3, 0.4) is 0 Å². The number of piperazine rings is 1. The topological polar surface area (TPSA) is 75.0 Å². The molecule has 0 aliphatic carbocycles. The highest BCUT2D eigenvalue weighted by molar-refractivity contribution is 6.35. The Labute approximate surface area is 159 Å². The van der Waals surface area contributed by atoms with E-state index in [4.69, 9.17) is 0 Å². The standard InChI is InChI=1S/C20H17FN4O3/c21-15-6-4-14(5-7-15)12-23-9-10-24(20(28)19(23)27)13-16-11-18(26)25-8-2-1-3-17(25)22-16/h1-8,11H,9-10,12-13H2. The van der Waals surface area contributed by atoms with Crippen molar-refractivity contribution in [3.63, 3.8) is 0 Å².